The van der Waals surface area contributed by atoms with Crippen molar-refractivity contribution in [2.45, 2.75) is 19.4 Å². The molecule has 14 heavy (non-hydrogen) atoms. The first-order valence-electron chi connectivity index (χ1n) is 4.07. The lowest BCUT2D eigenvalue weighted by atomic mass is 10.2. The van der Waals surface area contributed by atoms with Crippen LogP contribution in [0.3, 0.4) is 0 Å². The molecule has 1 heterocycles. The molecule has 1 aromatic heterocycles. The normalized spacial score (nSPS) is 9.71. The average Bonchev–Trinajstić information content (AvgIpc) is 2.59. The van der Waals surface area contributed by atoms with Crippen LogP contribution < -0.4 is 0 Å². The summed E-state index contributed by atoms with van der Waals surface area (Å²) in [6.07, 6.45) is 0.373. The van der Waals surface area contributed by atoms with E-state index in [0.29, 0.717) is 24.4 Å². The molecular weight excluding hydrogens is 188 g/mol. The number of carboxylic acid groups (broad SMARTS) is 1. The summed E-state index contributed by atoms with van der Waals surface area (Å²) in [7, 11) is 0. The van der Waals surface area contributed by atoms with E-state index in [1.54, 1.807) is 12.1 Å². The van der Waals surface area contributed by atoms with Gasteiger partial charge >= 0.3 is 5.97 Å². The van der Waals surface area contributed by atoms with Gasteiger partial charge in [-0.05, 0) is 12.1 Å². The number of furan rings is 1. The van der Waals surface area contributed by atoms with Crippen LogP contribution in [-0.2, 0) is 27.4 Å². The Morgan fingerprint density at radius 2 is 2.21 bits per heavy atom. The summed E-state index contributed by atoms with van der Waals surface area (Å²) in [6, 6.07) is 3.33. The molecule has 0 atom stereocenters. The van der Waals surface area contributed by atoms with E-state index in [0.717, 1.165) is 0 Å². The number of aryl methyl sites for hydroxylation is 1. The highest BCUT2D eigenvalue weighted by atomic mass is 16.5. The largest absolute Gasteiger partial charge is 0.481 e. The topological polar surface area (TPSA) is 76.7 Å². The van der Waals surface area contributed by atoms with Crippen LogP contribution in [0.4, 0.5) is 0 Å². The molecule has 0 aliphatic carbocycles. The van der Waals surface area contributed by atoms with Crippen LogP contribution in [0, 0.1) is 0 Å². The summed E-state index contributed by atoms with van der Waals surface area (Å²) in [5.41, 5.74) is 0. The Hall–Kier alpha value is -1.78. The SMILES string of the molecule is O=COCc1ccc(CCC(=O)O)o1. The molecule has 0 bridgehead atoms. The Kier molecular flexibility index (Phi) is 3.72. The van der Waals surface area contributed by atoms with E-state index in [1.807, 2.05) is 0 Å². The molecule has 5 nitrogen and oxygen atoms in total. The lowest BCUT2D eigenvalue weighted by Gasteiger charge is -1.94. The third-order valence-corrected chi connectivity index (χ3v) is 1.60. The van der Waals surface area contributed by atoms with Gasteiger partial charge in [0.25, 0.3) is 6.47 Å². The zero-order chi connectivity index (χ0) is 10.4. The van der Waals surface area contributed by atoms with Gasteiger partial charge in [0, 0.05) is 6.42 Å². The molecule has 0 unspecified atom stereocenters. The summed E-state index contributed by atoms with van der Waals surface area (Å²) in [5, 5.41) is 8.41. The zero-order valence-electron chi connectivity index (χ0n) is 7.43. The molecule has 0 aliphatic rings. The number of hydrogen-bond acceptors (Lipinski definition) is 4. The molecule has 1 rings (SSSR count). The minimum atomic E-state index is -0.868. The lowest BCUT2D eigenvalue weighted by Crippen LogP contribution is -1.96. The third kappa shape index (κ3) is 3.30. The Balaban J connectivity index is 2.42. The van der Waals surface area contributed by atoms with Gasteiger partial charge < -0.3 is 14.3 Å². The Morgan fingerprint density at radius 3 is 2.86 bits per heavy atom. The fraction of sp³-hybridized carbons (Fsp3) is 0.333. The van der Waals surface area contributed by atoms with E-state index in [4.69, 9.17) is 9.52 Å². The first kappa shape index (κ1) is 10.3. The summed E-state index contributed by atoms with van der Waals surface area (Å²) in [4.78, 5) is 20.1. The maximum atomic E-state index is 10.2. The van der Waals surface area contributed by atoms with Gasteiger partial charge in [0.05, 0.1) is 6.42 Å². The Bertz CT molecular complexity index is 315. The number of aliphatic carboxylic acids is 1. The smallest absolute Gasteiger partial charge is 0.303 e. The van der Waals surface area contributed by atoms with Crippen molar-refractivity contribution in [1.29, 1.82) is 0 Å². The van der Waals surface area contributed by atoms with E-state index in [-0.39, 0.29) is 13.0 Å². The minimum Gasteiger partial charge on any atom is -0.481 e. The fourth-order valence-corrected chi connectivity index (χ4v) is 0.981. The Labute approximate surface area is 80.3 Å². The average molecular weight is 198 g/mol. The summed E-state index contributed by atoms with van der Waals surface area (Å²) in [5.74, 6) is 0.224. The summed E-state index contributed by atoms with van der Waals surface area (Å²) >= 11 is 0. The van der Waals surface area contributed by atoms with Crippen LogP contribution in [0.1, 0.15) is 17.9 Å². The van der Waals surface area contributed by atoms with E-state index in [1.165, 1.54) is 0 Å². The van der Waals surface area contributed by atoms with E-state index in [9.17, 15) is 9.59 Å². The molecule has 76 valence electrons. The van der Waals surface area contributed by atoms with Gasteiger partial charge in [0.2, 0.25) is 0 Å². The molecule has 0 spiro atoms. The molecule has 1 N–H and O–H groups in total. The molecule has 0 fully saturated rings. The highest BCUT2D eigenvalue weighted by Crippen LogP contribution is 2.10. The highest BCUT2D eigenvalue weighted by Gasteiger charge is 2.04. The monoisotopic (exact) mass is 198 g/mol. The molecule has 0 aromatic carbocycles. The van der Waals surface area contributed by atoms with Crippen molar-refractivity contribution in [2.24, 2.45) is 0 Å². The van der Waals surface area contributed by atoms with Crippen LogP contribution in [-0.4, -0.2) is 17.5 Å². The number of ether oxygens (including phenoxy) is 1. The van der Waals surface area contributed by atoms with Crippen LogP contribution >= 0.6 is 0 Å². The second-order valence-corrected chi connectivity index (χ2v) is 2.67. The number of hydrogen-bond donors (Lipinski definition) is 1. The molecular formula is C9H10O5. The van der Waals surface area contributed by atoms with Crippen molar-refractivity contribution >= 4 is 12.4 Å². The van der Waals surface area contributed by atoms with Crippen molar-refractivity contribution in [3.05, 3.63) is 23.7 Å². The Morgan fingerprint density at radius 1 is 1.50 bits per heavy atom. The van der Waals surface area contributed by atoms with Crippen molar-refractivity contribution < 1.29 is 23.8 Å². The highest BCUT2D eigenvalue weighted by molar-refractivity contribution is 5.66. The molecule has 0 aliphatic heterocycles. The first-order chi connectivity index (χ1) is 6.72. The van der Waals surface area contributed by atoms with Gasteiger partial charge in [0.15, 0.2) is 0 Å². The molecule has 0 radical (unpaired) electrons. The van der Waals surface area contributed by atoms with Crippen LogP contribution in [0.5, 0.6) is 0 Å². The first-order valence-corrected chi connectivity index (χ1v) is 4.07. The maximum absolute atomic E-state index is 10.2. The molecule has 1 aromatic rings. The second kappa shape index (κ2) is 5.06. The van der Waals surface area contributed by atoms with E-state index < -0.39 is 5.97 Å². The number of carbonyl (C=O) groups excluding carboxylic acids is 1. The van der Waals surface area contributed by atoms with Gasteiger partial charge in [-0.3, -0.25) is 9.59 Å². The predicted molar refractivity (Wildman–Crippen MR) is 45.5 cm³/mol. The van der Waals surface area contributed by atoms with Crippen molar-refractivity contribution in [1.82, 2.24) is 0 Å². The van der Waals surface area contributed by atoms with Crippen LogP contribution in [0.15, 0.2) is 16.5 Å². The van der Waals surface area contributed by atoms with Gasteiger partial charge in [-0.2, -0.15) is 0 Å². The summed E-state index contributed by atoms with van der Waals surface area (Å²) in [6.45, 7) is 0.413. The molecule has 0 amide bonds. The van der Waals surface area contributed by atoms with E-state index in [2.05, 4.69) is 4.74 Å². The number of carboxylic acids is 1. The van der Waals surface area contributed by atoms with Gasteiger partial charge in [-0.25, -0.2) is 0 Å². The predicted octanol–water partition coefficient (Wildman–Crippen LogP) is 0.970. The maximum Gasteiger partial charge on any atom is 0.303 e. The van der Waals surface area contributed by atoms with Crippen molar-refractivity contribution in [3.63, 3.8) is 0 Å². The zero-order valence-corrected chi connectivity index (χ0v) is 7.43. The van der Waals surface area contributed by atoms with Gasteiger partial charge in [-0.1, -0.05) is 0 Å². The standard InChI is InChI=1S/C9H10O5/c10-6-13-5-8-2-1-7(14-8)3-4-9(11)12/h1-2,6H,3-5H2,(H,11,12). The quantitative estimate of drug-likeness (QED) is 0.689. The second-order valence-electron chi connectivity index (χ2n) is 2.67. The van der Waals surface area contributed by atoms with Crippen molar-refractivity contribution in [3.8, 4) is 0 Å². The van der Waals surface area contributed by atoms with Gasteiger partial charge in [0.1, 0.15) is 18.1 Å². The molecule has 0 saturated heterocycles. The summed E-state index contributed by atoms with van der Waals surface area (Å²) < 4.78 is 9.66. The lowest BCUT2D eigenvalue weighted by molar-refractivity contribution is -0.137. The fourth-order valence-electron chi connectivity index (χ4n) is 0.981. The third-order valence-electron chi connectivity index (χ3n) is 1.60. The van der Waals surface area contributed by atoms with Crippen molar-refractivity contribution in [2.75, 3.05) is 0 Å². The molecule has 0 saturated carbocycles. The number of rotatable bonds is 6. The minimum absolute atomic E-state index is 0.0293. The van der Waals surface area contributed by atoms with Crippen LogP contribution in [0.2, 0.25) is 0 Å². The molecule has 5 heteroatoms. The van der Waals surface area contributed by atoms with Crippen LogP contribution in [0.25, 0.3) is 0 Å². The van der Waals surface area contributed by atoms with Gasteiger partial charge in [-0.15, -0.1) is 0 Å². The number of carbonyl (C=O) groups is 2. The van der Waals surface area contributed by atoms with E-state index >= 15 is 0 Å².